The van der Waals surface area contributed by atoms with E-state index in [0.29, 0.717) is 18.2 Å². The minimum absolute atomic E-state index is 0.274. The lowest BCUT2D eigenvalue weighted by molar-refractivity contribution is 0.0529. The maximum Gasteiger partial charge on any atom is 0.344 e. The highest BCUT2D eigenvalue weighted by Gasteiger charge is 2.42. The first-order valence-electron chi connectivity index (χ1n) is 6.89. The van der Waals surface area contributed by atoms with Gasteiger partial charge >= 0.3 is 5.97 Å². The second-order valence-corrected chi connectivity index (χ2v) is 6.11. The number of ether oxygens (including phenoxy) is 1. The maximum absolute atomic E-state index is 11.9. The van der Waals surface area contributed by atoms with E-state index in [1.54, 1.807) is 6.92 Å². The van der Waals surface area contributed by atoms with E-state index in [-0.39, 0.29) is 11.8 Å². The summed E-state index contributed by atoms with van der Waals surface area (Å²) < 4.78 is 9.14. The second-order valence-electron chi connectivity index (χ2n) is 5.34. The van der Waals surface area contributed by atoms with E-state index in [4.69, 9.17) is 10.5 Å². The molecule has 0 aliphatic heterocycles. The molecule has 2 aliphatic carbocycles. The molecule has 0 atom stereocenters. The smallest absolute Gasteiger partial charge is 0.344 e. The largest absolute Gasteiger partial charge is 0.462 e. The van der Waals surface area contributed by atoms with Gasteiger partial charge in [0.1, 0.15) is 10.6 Å². The molecule has 0 amide bonds. The first-order valence-corrected chi connectivity index (χ1v) is 7.66. The van der Waals surface area contributed by atoms with Gasteiger partial charge in [-0.25, -0.2) is 4.79 Å². The highest BCUT2D eigenvalue weighted by Crippen LogP contribution is 2.46. The molecule has 0 bridgehead atoms. The number of nitrogens with zero attached hydrogens (tertiary/aromatic N) is 1. The van der Waals surface area contributed by atoms with Crippen molar-refractivity contribution in [1.29, 1.82) is 0 Å². The van der Waals surface area contributed by atoms with E-state index in [1.807, 2.05) is 0 Å². The van der Waals surface area contributed by atoms with Gasteiger partial charge in [-0.15, -0.1) is 0 Å². The Morgan fingerprint density at radius 3 is 2.63 bits per heavy atom. The van der Waals surface area contributed by atoms with E-state index in [2.05, 4.69) is 9.69 Å². The van der Waals surface area contributed by atoms with Crippen LogP contribution < -0.4 is 11.1 Å². The third-order valence-electron chi connectivity index (χ3n) is 3.76. The molecule has 0 aromatic carbocycles. The van der Waals surface area contributed by atoms with Gasteiger partial charge in [0.25, 0.3) is 0 Å². The molecule has 2 fully saturated rings. The maximum atomic E-state index is 11.9. The first kappa shape index (κ1) is 12.7. The van der Waals surface area contributed by atoms with Gasteiger partial charge in [-0.2, -0.15) is 4.37 Å². The highest BCUT2D eigenvalue weighted by molar-refractivity contribution is 7.11. The summed E-state index contributed by atoms with van der Waals surface area (Å²) >= 11 is 1.26. The van der Waals surface area contributed by atoms with Gasteiger partial charge in [0.05, 0.1) is 6.61 Å². The monoisotopic (exact) mass is 281 g/mol. The molecule has 0 spiro atoms. The molecular weight excluding hydrogens is 262 g/mol. The lowest BCUT2D eigenvalue weighted by Crippen LogP contribution is -2.25. The predicted molar refractivity (Wildman–Crippen MR) is 75.3 cm³/mol. The van der Waals surface area contributed by atoms with Crippen molar-refractivity contribution in [3.05, 3.63) is 5.56 Å². The molecular formula is C13H19N3O2S. The number of rotatable bonds is 6. The van der Waals surface area contributed by atoms with Crippen LogP contribution in [0.25, 0.3) is 0 Å². The summed E-state index contributed by atoms with van der Waals surface area (Å²) in [7, 11) is 0. The fourth-order valence-electron chi connectivity index (χ4n) is 2.48. The summed E-state index contributed by atoms with van der Waals surface area (Å²) in [6.07, 6.45) is 5.16. The Morgan fingerprint density at radius 2 is 2.11 bits per heavy atom. The van der Waals surface area contributed by atoms with Crippen LogP contribution in [0, 0.1) is 11.8 Å². The topological polar surface area (TPSA) is 77.2 Å². The standard InChI is InChI=1S/C13H19N3O2S/c1-2-18-13(17)9-11(14)16-19-12(9)15-10(7-3-4-7)8-5-6-8/h7-8,10,15H,2-6H2,1H3,(H2,14,16). The van der Waals surface area contributed by atoms with E-state index >= 15 is 0 Å². The molecule has 0 saturated heterocycles. The SMILES string of the molecule is CCOC(=O)c1c(N)nsc1NC(C1CC1)C1CC1. The highest BCUT2D eigenvalue weighted by atomic mass is 32.1. The van der Waals surface area contributed by atoms with E-state index < -0.39 is 0 Å². The molecule has 1 aromatic heterocycles. The molecule has 1 heterocycles. The van der Waals surface area contributed by atoms with E-state index in [9.17, 15) is 4.79 Å². The van der Waals surface area contributed by atoms with Crippen LogP contribution in [0.15, 0.2) is 0 Å². The van der Waals surface area contributed by atoms with E-state index in [1.165, 1.54) is 37.2 Å². The fraction of sp³-hybridized carbons (Fsp3) is 0.692. The summed E-state index contributed by atoms with van der Waals surface area (Å²) in [6.45, 7) is 2.14. The molecule has 104 valence electrons. The van der Waals surface area contributed by atoms with Crippen molar-refractivity contribution in [2.45, 2.75) is 38.6 Å². The number of nitrogen functional groups attached to an aromatic ring is 1. The van der Waals surface area contributed by atoms with Crippen LogP contribution in [0.4, 0.5) is 10.8 Å². The Labute approximate surface area is 116 Å². The molecule has 3 rings (SSSR count). The summed E-state index contributed by atoms with van der Waals surface area (Å²) in [5.41, 5.74) is 6.21. The Hall–Kier alpha value is -1.30. The lowest BCUT2D eigenvalue weighted by atomic mass is 10.1. The van der Waals surface area contributed by atoms with Crippen LogP contribution in [0.3, 0.4) is 0 Å². The first-order chi connectivity index (χ1) is 9.20. The van der Waals surface area contributed by atoms with Crippen LogP contribution in [-0.4, -0.2) is 23.0 Å². The molecule has 2 aliphatic rings. The van der Waals surface area contributed by atoms with Gasteiger partial charge in [-0.1, -0.05) is 0 Å². The zero-order chi connectivity index (χ0) is 13.4. The summed E-state index contributed by atoms with van der Waals surface area (Å²) in [5, 5.41) is 4.28. The van der Waals surface area contributed by atoms with Gasteiger partial charge in [0.2, 0.25) is 0 Å². The van der Waals surface area contributed by atoms with Gasteiger partial charge in [0, 0.05) is 6.04 Å². The van der Waals surface area contributed by atoms with Gasteiger partial charge in [-0.3, -0.25) is 0 Å². The quantitative estimate of drug-likeness (QED) is 0.783. The van der Waals surface area contributed by atoms with Gasteiger partial charge in [-0.05, 0) is 56.0 Å². The number of hydrogen-bond donors (Lipinski definition) is 2. The molecule has 1 aromatic rings. The minimum Gasteiger partial charge on any atom is -0.462 e. The third kappa shape index (κ3) is 2.68. The summed E-state index contributed by atoms with van der Waals surface area (Å²) in [5.74, 6) is 1.41. The van der Waals surface area contributed by atoms with Crippen molar-refractivity contribution >= 4 is 28.3 Å². The summed E-state index contributed by atoms with van der Waals surface area (Å²) in [6, 6.07) is 0.480. The van der Waals surface area contributed by atoms with E-state index in [0.717, 1.165) is 16.8 Å². The Balaban J connectivity index is 1.77. The number of carbonyl (C=O) groups excluding carboxylic acids is 1. The Bertz CT molecular complexity index is 468. The van der Waals surface area contributed by atoms with Crippen molar-refractivity contribution < 1.29 is 9.53 Å². The average molecular weight is 281 g/mol. The fourth-order valence-corrected chi connectivity index (χ4v) is 3.23. The van der Waals surface area contributed by atoms with Crippen molar-refractivity contribution in [3.63, 3.8) is 0 Å². The number of carbonyl (C=O) groups is 1. The van der Waals surface area contributed by atoms with Crippen LogP contribution >= 0.6 is 11.5 Å². The third-order valence-corrected chi connectivity index (χ3v) is 4.55. The van der Waals surface area contributed by atoms with Crippen molar-refractivity contribution in [3.8, 4) is 0 Å². The van der Waals surface area contributed by atoms with Crippen molar-refractivity contribution in [2.24, 2.45) is 11.8 Å². The number of nitrogens with one attached hydrogen (secondary N) is 1. The predicted octanol–water partition coefficient (Wildman–Crippen LogP) is 2.50. The number of anilines is 2. The average Bonchev–Trinajstić information content (AvgIpc) is 3.26. The molecule has 6 heteroatoms. The van der Waals surface area contributed by atoms with Gasteiger partial charge in [0.15, 0.2) is 5.82 Å². The Morgan fingerprint density at radius 1 is 1.47 bits per heavy atom. The molecule has 5 nitrogen and oxygen atoms in total. The molecule has 2 saturated carbocycles. The van der Waals surface area contributed by atoms with Crippen LogP contribution in [0.1, 0.15) is 43.0 Å². The molecule has 19 heavy (non-hydrogen) atoms. The number of esters is 1. The summed E-state index contributed by atoms with van der Waals surface area (Å²) in [4.78, 5) is 11.9. The Kier molecular flexibility index (Phi) is 3.35. The van der Waals surface area contributed by atoms with Crippen LogP contribution in [0.5, 0.6) is 0 Å². The lowest BCUT2D eigenvalue weighted by Gasteiger charge is -2.18. The molecule has 0 radical (unpaired) electrons. The minimum atomic E-state index is -0.374. The van der Waals surface area contributed by atoms with Crippen LogP contribution in [-0.2, 0) is 4.74 Å². The number of aromatic nitrogens is 1. The number of hydrogen-bond acceptors (Lipinski definition) is 6. The van der Waals surface area contributed by atoms with Gasteiger partial charge < -0.3 is 15.8 Å². The number of nitrogens with two attached hydrogens (primary N) is 1. The molecule has 3 N–H and O–H groups in total. The molecule has 0 unspecified atom stereocenters. The second kappa shape index (κ2) is 5.00. The zero-order valence-electron chi connectivity index (χ0n) is 11.0. The van der Waals surface area contributed by atoms with Crippen LogP contribution in [0.2, 0.25) is 0 Å². The van der Waals surface area contributed by atoms with Crippen molar-refractivity contribution in [2.75, 3.05) is 17.7 Å². The van der Waals surface area contributed by atoms with Crippen molar-refractivity contribution in [1.82, 2.24) is 4.37 Å². The normalized spacial score (nSPS) is 18.6. The zero-order valence-corrected chi connectivity index (χ0v) is 11.8.